The summed E-state index contributed by atoms with van der Waals surface area (Å²) in [6.45, 7) is 2.01. The molecule has 8 heteroatoms. The van der Waals surface area contributed by atoms with Crippen molar-refractivity contribution in [3.05, 3.63) is 42.5 Å². The number of anilines is 1. The molecule has 1 saturated heterocycles. The third-order valence-corrected chi connectivity index (χ3v) is 4.46. The molecule has 2 amide bonds. The number of piperidine rings is 1. The lowest BCUT2D eigenvalue weighted by atomic mass is 9.95. The summed E-state index contributed by atoms with van der Waals surface area (Å²) >= 11 is 0. The number of likely N-dealkylation sites (tertiary alicyclic amines) is 1. The van der Waals surface area contributed by atoms with Crippen molar-refractivity contribution in [2.45, 2.75) is 12.8 Å². The van der Waals surface area contributed by atoms with Crippen LogP contribution in [0.5, 0.6) is 5.88 Å². The quantitative estimate of drug-likeness (QED) is 0.748. The summed E-state index contributed by atoms with van der Waals surface area (Å²) in [7, 11) is 1.60. The number of aromatic nitrogens is 1. The maximum Gasteiger partial charge on any atom is 0.257 e. The van der Waals surface area contributed by atoms with E-state index in [0.717, 1.165) is 0 Å². The number of furan rings is 1. The maximum atomic E-state index is 12.5. The molecule has 0 unspecified atom stereocenters. The van der Waals surface area contributed by atoms with Crippen LogP contribution in [0.1, 0.15) is 23.2 Å². The second-order valence-corrected chi connectivity index (χ2v) is 6.29. The fraction of sp³-hybridized carbons (Fsp3) is 0.421. The minimum Gasteiger partial charge on any atom is -0.475 e. The summed E-state index contributed by atoms with van der Waals surface area (Å²) in [6, 6.07) is 5.11. The highest BCUT2D eigenvalue weighted by Gasteiger charge is 2.28. The van der Waals surface area contributed by atoms with E-state index in [1.165, 1.54) is 12.5 Å². The van der Waals surface area contributed by atoms with E-state index in [0.29, 0.717) is 56.3 Å². The SMILES string of the molecule is COCCOc1ccc(NC(=O)C2CCN(C(=O)c3ccoc3)CC2)cn1. The number of nitrogens with one attached hydrogen (secondary N) is 1. The van der Waals surface area contributed by atoms with E-state index >= 15 is 0 Å². The number of rotatable bonds is 7. The maximum absolute atomic E-state index is 12.5. The van der Waals surface area contributed by atoms with Crippen LogP contribution in [0.3, 0.4) is 0 Å². The zero-order chi connectivity index (χ0) is 19.1. The fourth-order valence-corrected chi connectivity index (χ4v) is 2.93. The Kier molecular flexibility index (Phi) is 6.43. The van der Waals surface area contributed by atoms with Gasteiger partial charge in [-0.3, -0.25) is 9.59 Å². The molecule has 0 bridgehead atoms. The number of pyridine rings is 1. The smallest absolute Gasteiger partial charge is 0.257 e. The molecule has 0 spiro atoms. The van der Waals surface area contributed by atoms with Gasteiger partial charge in [-0.25, -0.2) is 4.98 Å². The van der Waals surface area contributed by atoms with Gasteiger partial charge in [-0.15, -0.1) is 0 Å². The molecule has 1 fully saturated rings. The number of methoxy groups -OCH3 is 1. The monoisotopic (exact) mass is 373 g/mol. The molecule has 1 aliphatic rings. The first-order chi connectivity index (χ1) is 13.2. The van der Waals surface area contributed by atoms with Gasteiger partial charge in [0.25, 0.3) is 5.91 Å². The first-order valence-corrected chi connectivity index (χ1v) is 8.87. The summed E-state index contributed by atoms with van der Waals surface area (Å²) in [5, 5.41) is 2.88. The minimum absolute atomic E-state index is 0.0553. The van der Waals surface area contributed by atoms with Crippen molar-refractivity contribution in [1.82, 2.24) is 9.88 Å². The number of carbonyl (C=O) groups excluding carboxylic acids is 2. The van der Waals surface area contributed by atoms with Gasteiger partial charge in [0.2, 0.25) is 11.8 Å². The van der Waals surface area contributed by atoms with Gasteiger partial charge in [0.15, 0.2) is 0 Å². The fourth-order valence-electron chi connectivity index (χ4n) is 2.93. The number of nitrogens with zero attached hydrogens (tertiary/aromatic N) is 2. The summed E-state index contributed by atoms with van der Waals surface area (Å²) in [4.78, 5) is 30.7. The average molecular weight is 373 g/mol. The number of ether oxygens (including phenoxy) is 2. The topological polar surface area (TPSA) is 93.9 Å². The summed E-state index contributed by atoms with van der Waals surface area (Å²) in [5.74, 6) is 0.239. The molecule has 8 nitrogen and oxygen atoms in total. The van der Waals surface area contributed by atoms with E-state index in [1.54, 1.807) is 36.4 Å². The molecule has 0 aliphatic carbocycles. The number of amides is 2. The molecule has 27 heavy (non-hydrogen) atoms. The molecule has 1 aliphatic heterocycles. The van der Waals surface area contributed by atoms with Crippen LogP contribution >= 0.6 is 0 Å². The van der Waals surface area contributed by atoms with Crippen LogP contribution in [0, 0.1) is 5.92 Å². The van der Waals surface area contributed by atoms with Crippen LogP contribution < -0.4 is 10.1 Å². The molecule has 2 aromatic rings. The molecule has 0 radical (unpaired) electrons. The van der Waals surface area contributed by atoms with Crippen molar-refractivity contribution >= 4 is 17.5 Å². The Morgan fingerprint density at radius 1 is 1.26 bits per heavy atom. The summed E-state index contributed by atoms with van der Waals surface area (Å²) in [6.07, 6.45) is 5.74. The Labute approximate surface area is 157 Å². The zero-order valence-corrected chi connectivity index (χ0v) is 15.2. The van der Waals surface area contributed by atoms with Crippen LogP contribution in [0.4, 0.5) is 5.69 Å². The first-order valence-electron chi connectivity index (χ1n) is 8.87. The Hall–Kier alpha value is -2.87. The summed E-state index contributed by atoms with van der Waals surface area (Å²) in [5.41, 5.74) is 1.16. The highest BCUT2D eigenvalue weighted by Crippen LogP contribution is 2.21. The molecule has 1 N–H and O–H groups in total. The van der Waals surface area contributed by atoms with Crippen LogP contribution in [-0.4, -0.2) is 55.1 Å². The Morgan fingerprint density at radius 3 is 2.70 bits per heavy atom. The van der Waals surface area contributed by atoms with Crippen molar-refractivity contribution in [1.29, 1.82) is 0 Å². The number of carbonyl (C=O) groups is 2. The van der Waals surface area contributed by atoms with Gasteiger partial charge in [-0.2, -0.15) is 0 Å². The van der Waals surface area contributed by atoms with Crippen LogP contribution in [0.15, 0.2) is 41.3 Å². The molecule has 0 saturated carbocycles. The molecular formula is C19H23N3O5. The standard InChI is InChI=1S/C19H23N3O5/c1-25-10-11-27-17-3-2-16(12-20-17)21-18(23)14-4-7-22(8-5-14)19(24)15-6-9-26-13-15/h2-3,6,9,12-14H,4-5,7-8,10-11H2,1H3,(H,21,23). The lowest BCUT2D eigenvalue weighted by molar-refractivity contribution is -0.121. The lowest BCUT2D eigenvalue weighted by Crippen LogP contribution is -2.41. The van der Waals surface area contributed by atoms with Crippen LogP contribution in [-0.2, 0) is 9.53 Å². The predicted octanol–water partition coefficient (Wildman–Crippen LogP) is 2.19. The highest BCUT2D eigenvalue weighted by atomic mass is 16.5. The van der Waals surface area contributed by atoms with Crippen LogP contribution in [0.25, 0.3) is 0 Å². The molecular weight excluding hydrogens is 350 g/mol. The number of hydrogen-bond donors (Lipinski definition) is 1. The van der Waals surface area contributed by atoms with Crippen molar-refractivity contribution < 1.29 is 23.5 Å². The van der Waals surface area contributed by atoms with Gasteiger partial charge in [-0.1, -0.05) is 0 Å². The van der Waals surface area contributed by atoms with Crippen molar-refractivity contribution in [3.8, 4) is 5.88 Å². The number of hydrogen-bond acceptors (Lipinski definition) is 6. The zero-order valence-electron chi connectivity index (χ0n) is 15.2. The molecule has 2 aromatic heterocycles. The summed E-state index contributed by atoms with van der Waals surface area (Å²) < 4.78 is 15.3. The van der Waals surface area contributed by atoms with Crippen molar-refractivity contribution in [2.75, 3.05) is 38.7 Å². The third-order valence-electron chi connectivity index (χ3n) is 4.46. The second kappa shape index (κ2) is 9.18. The van der Waals surface area contributed by atoms with E-state index in [9.17, 15) is 9.59 Å². The van der Waals surface area contributed by atoms with E-state index in [2.05, 4.69) is 10.3 Å². The Balaban J connectivity index is 1.46. The second-order valence-electron chi connectivity index (χ2n) is 6.29. The van der Waals surface area contributed by atoms with Crippen molar-refractivity contribution in [3.63, 3.8) is 0 Å². The molecule has 144 valence electrons. The highest BCUT2D eigenvalue weighted by molar-refractivity contribution is 5.95. The molecule has 3 heterocycles. The minimum atomic E-state index is -0.129. The molecule has 3 rings (SSSR count). The van der Waals surface area contributed by atoms with Gasteiger partial charge >= 0.3 is 0 Å². The largest absolute Gasteiger partial charge is 0.475 e. The predicted molar refractivity (Wildman–Crippen MR) is 97.6 cm³/mol. The molecule has 0 atom stereocenters. The molecule has 0 aromatic carbocycles. The van der Waals surface area contributed by atoms with Crippen molar-refractivity contribution in [2.24, 2.45) is 5.92 Å². The van der Waals surface area contributed by atoms with E-state index < -0.39 is 0 Å². The van der Waals surface area contributed by atoms with Gasteiger partial charge in [0, 0.05) is 32.2 Å². The van der Waals surface area contributed by atoms with E-state index in [1.807, 2.05) is 0 Å². The van der Waals surface area contributed by atoms with Gasteiger partial charge in [-0.05, 0) is 25.0 Å². The first kappa shape index (κ1) is 18.9. The average Bonchev–Trinajstić information content (AvgIpc) is 3.24. The van der Waals surface area contributed by atoms with E-state index in [-0.39, 0.29) is 17.7 Å². The van der Waals surface area contributed by atoms with E-state index in [4.69, 9.17) is 13.9 Å². The third kappa shape index (κ3) is 5.07. The lowest BCUT2D eigenvalue weighted by Gasteiger charge is -2.31. The van der Waals surface area contributed by atoms with Gasteiger partial charge < -0.3 is 24.1 Å². The van der Waals surface area contributed by atoms with Crippen LogP contribution in [0.2, 0.25) is 0 Å². The van der Waals surface area contributed by atoms with Gasteiger partial charge in [0.05, 0.1) is 30.3 Å². The van der Waals surface area contributed by atoms with Gasteiger partial charge in [0.1, 0.15) is 12.9 Å². The normalized spacial score (nSPS) is 14.8. The Morgan fingerprint density at radius 2 is 2.07 bits per heavy atom. The Bertz CT molecular complexity index is 737.